The Balaban J connectivity index is 0.000000621. The first kappa shape index (κ1) is 25.0. The molecule has 0 fully saturated rings. The minimum absolute atomic E-state index is 0.0231. The van der Waals surface area contributed by atoms with Crippen LogP contribution in [0.25, 0.3) is 0 Å². The number of carbonyl (C=O) groups is 4. The summed E-state index contributed by atoms with van der Waals surface area (Å²) in [5, 5.41) is 33.6. The van der Waals surface area contributed by atoms with Gasteiger partial charge in [-0.05, 0) is 18.4 Å². The summed E-state index contributed by atoms with van der Waals surface area (Å²) in [5.74, 6) is -4.04. The summed E-state index contributed by atoms with van der Waals surface area (Å²) in [7, 11) is 0. The van der Waals surface area contributed by atoms with Crippen molar-refractivity contribution in [1.29, 1.82) is 0 Å². The van der Waals surface area contributed by atoms with Crippen molar-refractivity contribution in [1.82, 2.24) is 4.90 Å². The van der Waals surface area contributed by atoms with Crippen molar-refractivity contribution in [2.24, 2.45) is 5.73 Å². The summed E-state index contributed by atoms with van der Waals surface area (Å²) < 4.78 is 0. The quantitative estimate of drug-likeness (QED) is 0.330. The number of hydrogen-bond acceptors (Lipinski definition) is 6. The zero-order valence-corrected chi connectivity index (χ0v) is 15.4. The third-order valence-corrected chi connectivity index (χ3v) is 3.55. The molecular weight excluding hydrogens is 372 g/mol. The van der Waals surface area contributed by atoms with Crippen LogP contribution in [-0.4, -0.2) is 74.9 Å². The summed E-state index contributed by atoms with van der Waals surface area (Å²) in [4.78, 5) is 42.7. The lowest BCUT2D eigenvalue weighted by molar-refractivity contribution is -0.141. The molecule has 156 valence electrons. The first-order chi connectivity index (χ1) is 13.1. The van der Waals surface area contributed by atoms with Gasteiger partial charge < -0.3 is 26.2 Å². The van der Waals surface area contributed by atoms with E-state index < -0.39 is 29.9 Å². The van der Waals surface area contributed by atoms with Crippen molar-refractivity contribution in [3.63, 3.8) is 0 Å². The van der Waals surface area contributed by atoms with Gasteiger partial charge in [0.1, 0.15) is 6.04 Å². The average Bonchev–Trinajstić information content (AvgIpc) is 2.62. The molecule has 1 aromatic carbocycles. The highest BCUT2D eigenvalue weighted by molar-refractivity contribution is 5.74. The van der Waals surface area contributed by atoms with E-state index in [-0.39, 0.29) is 32.4 Å². The predicted octanol–water partition coefficient (Wildman–Crippen LogP) is 0.354. The maximum atomic E-state index is 10.7. The van der Waals surface area contributed by atoms with Crippen LogP contribution >= 0.6 is 0 Å². The Labute approximate surface area is 162 Å². The normalized spacial score (nSPS) is 11.2. The number of hydrogen-bond donors (Lipinski definition) is 5. The minimum Gasteiger partial charge on any atom is -0.481 e. The van der Waals surface area contributed by atoms with Crippen LogP contribution in [0.1, 0.15) is 24.8 Å². The van der Waals surface area contributed by atoms with Gasteiger partial charge in [-0.2, -0.15) is 0 Å². The molecule has 0 aliphatic heterocycles. The van der Waals surface area contributed by atoms with Gasteiger partial charge in [0.05, 0.1) is 13.0 Å². The summed E-state index contributed by atoms with van der Waals surface area (Å²) in [6.45, 7) is 0.679. The van der Waals surface area contributed by atoms with Crippen LogP contribution in [0.2, 0.25) is 0 Å². The summed E-state index contributed by atoms with van der Waals surface area (Å²) in [6.07, 6.45) is 0.452. The van der Waals surface area contributed by atoms with Crippen LogP contribution < -0.4 is 5.73 Å². The SMILES string of the molecule is N[C@H](CCC(=O)O)C(=O)O.O=C(O)CCN(CCc1ccccc1)CC(=O)O. The predicted molar refractivity (Wildman–Crippen MR) is 99.0 cm³/mol. The highest BCUT2D eigenvalue weighted by Gasteiger charge is 2.12. The van der Waals surface area contributed by atoms with Gasteiger partial charge in [0.2, 0.25) is 0 Å². The van der Waals surface area contributed by atoms with Crippen molar-refractivity contribution >= 4 is 23.9 Å². The second-order valence-electron chi connectivity index (χ2n) is 5.93. The summed E-state index contributed by atoms with van der Waals surface area (Å²) in [5.41, 5.74) is 6.12. The third kappa shape index (κ3) is 14.2. The lowest BCUT2D eigenvalue weighted by Crippen LogP contribution is -2.33. The van der Waals surface area contributed by atoms with Crippen LogP contribution in [0.5, 0.6) is 0 Å². The molecule has 1 aromatic rings. The number of carboxylic acids is 4. The zero-order chi connectivity index (χ0) is 21.5. The topological polar surface area (TPSA) is 178 Å². The van der Waals surface area contributed by atoms with Gasteiger partial charge in [0.15, 0.2) is 0 Å². The van der Waals surface area contributed by atoms with Gasteiger partial charge in [-0.1, -0.05) is 30.3 Å². The van der Waals surface area contributed by atoms with Gasteiger partial charge in [0, 0.05) is 19.5 Å². The fourth-order valence-electron chi connectivity index (χ4n) is 2.05. The van der Waals surface area contributed by atoms with E-state index in [2.05, 4.69) is 0 Å². The van der Waals surface area contributed by atoms with Crippen molar-refractivity contribution in [2.75, 3.05) is 19.6 Å². The first-order valence-electron chi connectivity index (χ1n) is 8.51. The molecule has 0 bridgehead atoms. The second-order valence-corrected chi connectivity index (χ2v) is 5.93. The molecule has 0 aliphatic carbocycles. The van der Waals surface area contributed by atoms with Crippen LogP contribution in [0, 0.1) is 0 Å². The molecule has 0 saturated heterocycles. The van der Waals surface area contributed by atoms with Crippen LogP contribution in [0.15, 0.2) is 30.3 Å². The van der Waals surface area contributed by atoms with Gasteiger partial charge in [-0.25, -0.2) is 0 Å². The largest absolute Gasteiger partial charge is 0.481 e. The van der Waals surface area contributed by atoms with E-state index in [9.17, 15) is 19.2 Å². The Bertz CT molecular complexity index is 636. The molecule has 0 spiro atoms. The van der Waals surface area contributed by atoms with Gasteiger partial charge in [-0.3, -0.25) is 24.1 Å². The fraction of sp³-hybridized carbons (Fsp3) is 0.444. The van der Waals surface area contributed by atoms with Gasteiger partial charge in [-0.15, -0.1) is 0 Å². The Morgan fingerprint density at radius 3 is 1.89 bits per heavy atom. The maximum absolute atomic E-state index is 10.7. The molecule has 1 atom stereocenters. The monoisotopic (exact) mass is 398 g/mol. The van der Waals surface area contributed by atoms with Crippen molar-refractivity contribution in [3.05, 3.63) is 35.9 Å². The van der Waals surface area contributed by atoms with Crippen molar-refractivity contribution < 1.29 is 39.6 Å². The highest BCUT2D eigenvalue weighted by atomic mass is 16.4. The van der Waals surface area contributed by atoms with Crippen LogP contribution in [0.3, 0.4) is 0 Å². The summed E-state index contributed by atoms with van der Waals surface area (Å²) >= 11 is 0. The van der Waals surface area contributed by atoms with E-state index in [1.807, 2.05) is 30.3 Å². The van der Waals surface area contributed by atoms with E-state index in [4.69, 9.17) is 26.2 Å². The molecular formula is C18H26N2O8. The average molecular weight is 398 g/mol. The number of rotatable bonds is 12. The number of aliphatic carboxylic acids is 4. The number of nitrogens with zero attached hydrogens (tertiary/aromatic N) is 1. The second kappa shape index (κ2) is 14.1. The smallest absolute Gasteiger partial charge is 0.320 e. The lowest BCUT2D eigenvalue weighted by Gasteiger charge is -2.19. The molecule has 0 radical (unpaired) electrons. The van der Waals surface area contributed by atoms with E-state index >= 15 is 0 Å². The van der Waals surface area contributed by atoms with Gasteiger partial charge >= 0.3 is 23.9 Å². The molecule has 10 heteroatoms. The molecule has 6 N–H and O–H groups in total. The van der Waals surface area contributed by atoms with Gasteiger partial charge in [0.25, 0.3) is 0 Å². The fourth-order valence-corrected chi connectivity index (χ4v) is 2.05. The molecule has 0 aromatic heterocycles. The van der Waals surface area contributed by atoms with E-state index in [1.165, 1.54) is 0 Å². The Hall–Kier alpha value is -2.98. The Morgan fingerprint density at radius 2 is 1.43 bits per heavy atom. The Kier molecular flexibility index (Phi) is 12.6. The van der Waals surface area contributed by atoms with E-state index in [0.29, 0.717) is 13.0 Å². The first-order valence-corrected chi connectivity index (χ1v) is 8.51. The number of benzene rings is 1. The highest BCUT2D eigenvalue weighted by Crippen LogP contribution is 2.02. The summed E-state index contributed by atoms with van der Waals surface area (Å²) in [6, 6.07) is 8.65. The maximum Gasteiger partial charge on any atom is 0.320 e. The molecule has 0 saturated carbocycles. The van der Waals surface area contributed by atoms with E-state index in [1.54, 1.807) is 4.90 Å². The molecule has 10 nitrogen and oxygen atoms in total. The Morgan fingerprint density at radius 1 is 0.857 bits per heavy atom. The molecule has 1 rings (SSSR count). The molecule has 0 heterocycles. The molecule has 0 amide bonds. The van der Waals surface area contributed by atoms with Crippen LogP contribution in [0.4, 0.5) is 0 Å². The third-order valence-electron chi connectivity index (χ3n) is 3.55. The zero-order valence-electron chi connectivity index (χ0n) is 15.4. The molecule has 28 heavy (non-hydrogen) atoms. The standard InChI is InChI=1S/C13H17NO4.C5H9NO4/c15-12(16)7-9-14(10-13(17)18)8-6-11-4-2-1-3-5-11;6-3(5(9)10)1-2-4(7)8/h1-5H,6-10H2,(H,15,16)(H,17,18);3H,1-2,6H2,(H,7,8)(H,9,10)/t;3-/m.1/s1. The number of nitrogens with two attached hydrogens (primary N) is 1. The lowest BCUT2D eigenvalue weighted by atomic mass is 10.1. The van der Waals surface area contributed by atoms with Crippen molar-refractivity contribution in [2.45, 2.75) is 31.7 Å². The van der Waals surface area contributed by atoms with Crippen molar-refractivity contribution in [3.8, 4) is 0 Å². The molecule has 0 aliphatic rings. The molecule has 0 unspecified atom stereocenters. The number of carboxylic acid groups (broad SMARTS) is 4. The van der Waals surface area contributed by atoms with E-state index in [0.717, 1.165) is 5.56 Å². The minimum atomic E-state index is -1.17. The van der Waals surface area contributed by atoms with Crippen LogP contribution in [-0.2, 0) is 25.6 Å².